The SMILES string of the molecule is CCSCCCNCC1(C)CCN(C(=O)OC(C)(C)C)CC1. The second-order valence-electron chi connectivity index (χ2n) is 7.51. The molecule has 4 nitrogen and oxygen atoms in total. The summed E-state index contributed by atoms with van der Waals surface area (Å²) in [5, 5.41) is 3.59. The summed E-state index contributed by atoms with van der Waals surface area (Å²) in [6.07, 6.45) is 3.16. The van der Waals surface area contributed by atoms with Crippen LogP contribution in [-0.2, 0) is 4.74 Å². The second-order valence-corrected chi connectivity index (χ2v) is 8.90. The minimum Gasteiger partial charge on any atom is -0.444 e. The Morgan fingerprint density at radius 2 is 1.95 bits per heavy atom. The second kappa shape index (κ2) is 9.02. The van der Waals surface area contributed by atoms with Crippen LogP contribution < -0.4 is 5.32 Å². The van der Waals surface area contributed by atoms with E-state index < -0.39 is 5.60 Å². The Kier molecular flexibility index (Phi) is 8.04. The van der Waals surface area contributed by atoms with E-state index in [9.17, 15) is 4.79 Å². The number of thioether (sulfide) groups is 1. The lowest BCUT2D eigenvalue weighted by atomic mass is 9.80. The molecule has 1 N–H and O–H groups in total. The smallest absolute Gasteiger partial charge is 0.410 e. The topological polar surface area (TPSA) is 41.6 Å². The molecule has 0 saturated carbocycles. The van der Waals surface area contributed by atoms with Crippen LogP contribution >= 0.6 is 11.8 Å². The van der Waals surface area contributed by atoms with Gasteiger partial charge in [0.05, 0.1) is 0 Å². The van der Waals surface area contributed by atoms with Crippen LogP contribution in [0.25, 0.3) is 0 Å². The van der Waals surface area contributed by atoms with Gasteiger partial charge < -0.3 is 15.0 Å². The van der Waals surface area contributed by atoms with Gasteiger partial charge >= 0.3 is 6.09 Å². The molecule has 130 valence electrons. The molecule has 5 heteroatoms. The predicted molar refractivity (Wildman–Crippen MR) is 95.6 cm³/mol. The largest absolute Gasteiger partial charge is 0.444 e. The highest BCUT2D eigenvalue weighted by atomic mass is 32.2. The van der Waals surface area contributed by atoms with Gasteiger partial charge in [-0.1, -0.05) is 13.8 Å². The monoisotopic (exact) mass is 330 g/mol. The molecule has 0 spiro atoms. The molecule has 0 aliphatic carbocycles. The third kappa shape index (κ3) is 7.73. The van der Waals surface area contributed by atoms with Crippen LogP contribution in [0.2, 0.25) is 0 Å². The van der Waals surface area contributed by atoms with Gasteiger partial charge in [0.25, 0.3) is 0 Å². The van der Waals surface area contributed by atoms with Crippen molar-refractivity contribution in [1.29, 1.82) is 0 Å². The van der Waals surface area contributed by atoms with Gasteiger partial charge in [0.2, 0.25) is 0 Å². The van der Waals surface area contributed by atoms with E-state index in [-0.39, 0.29) is 6.09 Å². The standard InChI is InChI=1S/C17H34N2O2S/c1-6-22-13-7-10-18-14-17(5)8-11-19(12-9-17)15(20)21-16(2,3)4/h18H,6-14H2,1-5H3. The van der Waals surface area contributed by atoms with Crippen molar-refractivity contribution in [3.63, 3.8) is 0 Å². The Hall–Kier alpha value is -0.420. The number of ether oxygens (including phenoxy) is 1. The van der Waals surface area contributed by atoms with E-state index in [4.69, 9.17) is 4.74 Å². The minimum absolute atomic E-state index is 0.168. The Morgan fingerprint density at radius 1 is 1.32 bits per heavy atom. The van der Waals surface area contributed by atoms with Crippen molar-refractivity contribution < 1.29 is 9.53 Å². The molecular formula is C17H34N2O2S. The van der Waals surface area contributed by atoms with E-state index in [1.165, 1.54) is 17.9 Å². The molecule has 1 aliphatic heterocycles. The highest BCUT2D eigenvalue weighted by Crippen LogP contribution is 2.30. The van der Waals surface area contributed by atoms with E-state index >= 15 is 0 Å². The van der Waals surface area contributed by atoms with Crippen LogP contribution in [0, 0.1) is 5.41 Å². The number of rotatable bonds is 7. The average Bonchev–Trinajstić information content (AvgIpc) is 2.41. The molecule has 1 heterocycles. The van der Waals surface area contributed by atoms with E-state index in [1.807, 2.05) is 37.4 Å². The fourth-order valence-corrected chi connectivity index (χ4v) is 3.20. The molecule has 0 radical (unpaired) electrons. The molecule has 1 amide bonds. The number of hydrogen-bond donors (Lipinski definition) is 1. The number of nitrogens with one attached hydrogen (secondary N) is 1. The Balaban J connectivity index is 2.24. The number of likely N-dealkylation sites (tertiary alicyclic amines) is 1. The first kappa shape index (κ1) is 19.6. The van der Waals surface area contributed by atoms with Crippen molar-refractivity contribution in [3.8, 4) is 0 Å². The summed E-state index contributed by atoms with van der Waals surface area (Å²) >= 11 is 2.00. The van der Waals surface area contributed by atoms with Crippen molar-refractivity contribution in [3.05, 3.63) is 0 Å². The quantitative estimate of drug-likeness (QED) is 0.722. The lowest BCUT2D eigenvalue weighted by molar-refractivity contribution is 0.0120. The summed E-state index contributed by atoms with van der Waals surface area (Å²) in [6.45, 7) is 14.0. The molecule has 0 bridgehead atoms. The zero-order valence-corrected chi connectivity index (χ0v) is 15.9. The molecule has 22 heavy (non-hydrogen) atoms. The van der Waals surface area contributed by atoms with Crippen molar-refractivity contribution in [2.75, 3.05) is 37.7 Å². The van der Waals surface area contributed by atoms with Crippen LogP contribution in [0.15, 0.2) is 0 Å². The molecule has 0 aromatic heterocycles. The van der Waals surface area contributed by atoms with E-state index in [2.05, 4.69) is 19.2 Å². The first-order valence-corrected chi connectivity index (χ1v) is 9.68. The van der Waals surface area contributed by atoms with Crippen LogP contribution in [0.1, 0.15) is 53.9 Å². The van der Waals surface area contributed by atoms with Crippen molar-refractivity contribution in [2.45, 2.75) is 59.5 Å². The molecule has 1 aliphatic rings. The van der Waals surface area contributed by atoms with E-state index in [0.29, 0.717) is 5.41 Å². The summed E-state index contributed by atoms with van der Waals surface area (Å²) < 4.78 is 5.45. The zero-order valence-electron chi connectivity index (χ0n) is 15.0. The number of piperidine rings is 1. The van der Waals surface area contributed by atoms with Gasteiger partial charge in [-0.15, -0.1) is 0 Å². The van der Waals surface area contributed by atoms with Crippen molar-refractivity contribution in [2.24, 2.45) is 5.41 Å². The van der Waals surface area contributed by atoms with Crippen LogP contribution in [0.3, 0.4) is 0 Å². The molecule has 0 unspecified atom stereocenters. The maximum absolute atomic E-state index is 12.1. The van der Waals surface area contributed by atoms with Gasteiger partial charge in [-0.3, -0.25) is 0 Å². The van der Waals surface area contributed by atoms with Gasteiger partial charge in [-0.2, -0.15) is 11.8 Å². The summed E-state index contributed by atoms with van der Waals surface area (Å²) in [5.41, 5.74) is -0.105. The van der Waals surface area contributed by atoms with Gasteiger partial charge in [0.15, 0.2) is 0 Å². The van der Waals surface area contributed by atoms with Crippen LogP contribution in [-0.4, -0.2) is 54.3 Å². The summed E-state index contributed by atoms with van der Waals surface area (Å²) in [4.78, 5) is 13.9. The molecule has 0 aromatic rings. The highest BCUT2D eigenvalue weighted by molar-refractivity contribution is 7.99. The lowest BCUT2D eigenvalue weighted by Crippen LogP contribution is -2.47. The van der Waals surface area contributed by atoms with Gasteiger partial charge in [-0.05, 0) is 63.5 Å². The predicted octanol–water partition coefficient (Wildman–Crippen LogP) is 3.76. The number of amides is 1. The molecule has 1 saturated heterocycles. The first-order chi connectivity index (χ1) is 10.3. The summed E-state index contributed by atoms with van der Waals surface area (Å²) in [5.74, 6) is 2.45. The Labute approximate surface area is 140 Å². The normalized spacial score (nSPS) is 18.3. The molecule has 0 aromatic carbocycles. The van der Waals surface area contributed by atoms with Gasteiger partial charge in [0, 0.05) is 19.6 Å². The summed E-state index contributed by atoms with van der Waals surface area (Å²) in [6, 6.07) is 0. The minimum atomic E-state index is -0.407. The van der Waals surface area contributed by atoms with E-state index in [1.54, 1.807) is 0 Å². The number of carbonyl (C=O) groups excluding carboxylic acids is 1. The fourth-order valence-electron chi connectivity index (χ4n) is 2.57. The third-order valence-electron chi connectivity index (χ3n) is 4.02. The molecule has 0 atom stereocenters. The van der Waals surface area contributed by atoms with Crippen LogP contribution in [0.4, 0.5) is 4.79 Å². The van der Waals surface area contributed by atoms with Gasteiger partial charge in [0.1, 0.15) is 5.60 Å². The maximum Gasteiger partial charge on any atom is 0.410 e. The summed E-state index contributed by atoms with van der Waals surface area (Å²) in [7, 11) is 0. The third-order valence-corrected chi connectivity index (χ3v) is 5.01. The number of nitrogens with zero attached hydrogens (tertiary/aromatic N) is 1. The molecular weight excluding hydrogens is 296 g/mol. The average molecular weight is 331 g/mol. The highest BCUT2D eigenvalue weighted by Gasteiger charge is 2.33. The lowest BCUT2D eigenvalue weighted by Gasteiger charge is -2.40. The zero-order chi connectivity index (χ0) is 16.6. The number of carbonyl (C=O) groups is 1. The van der Waals surface area contributed by atoms with Crippen molar-refractivity contribution in [1.82, 2.24) is 10.2 Å². The molecule has 1 fully saturated rings. The van der Waals surface area contributed by atoms with E-state index in [0.717, 1.165) is 39.0 Å². The maximum atomic E-state index is 12.1. The number of hydrogen-bond acceptors (Lipinski definition) is 4. The Morgan fingerprint density at radius 3 is 2.50 bits per heavy atom. The van der Waals surface area contributed by atoms with Crippen LogP contribution in [0.5, 0.6) is 0 Å². The first-order valence-electron chi connectivity index (χ1n) is 8.52. The van der Waals surface area contributed by atoms with Gasteiger partial charge in [-0.25, -0.2) is 4.79 Å². The fraction of sp³-hybridized carbons (Fsp3) is 0.941. The Bertz CT molecular complexity index is 334. The van der Waals surface area contributed by atoms with Crippen molar-refractivity contribution >= 4 is 17.9 Å². The molecule has 1 rings (SSSR count).